The SMILES string of the molecule is O=C(Cc1cccc(F)c1F)N1C[C@H]2CC[C@@H]1CN(c1cnccn1)C2. The van der Waals surface area contributed by atoms with E-state index >= 15 is 0 Å². The monoisotopic (exact) mass is 358 g/mol. The Hall–Kier alpha value is -2.57. The first-order chi connectivity index (χ1) is 12.6. The molecule has 0 unspecified atom stereocenters. The molecule has 0 aliphatic carbocycles. The molecule has 26 heavy (non-hydrogen) atoms. The molecule has 3 aliphatic heterocycles. The first-order valence-corrected chi connectivity index (χ1v) is 8.85. The van der Waals surface area contributed by atoms with E-state index < -0.39 is 11.6 Å². The zero-order chi connectivity index (χ0) is 18.1. The van der Waals surface area contributed by atoms with Crippen LogP contribution in [0.2, 0.25) is 0 Å². The van der Waals surface area contributed by atoms with Gasteiger partial charge in [-0.25, -0.2) is 13.8 Å². The fourth-order valence-electron chi connectivity index (χ4n) is 3.98. The maximum Gasteiger partial charge on any atom is 0.227 e. The van der Waals surface area contributed by atoms with E-state index in [0.29, 0.717) is 19.0 Å². The van der Waals surface area contributed by atoms with Crippen LogP contribution in [0, 0.1) is 17.6 Å². The Labute approximate surface area is 150 Å². The number of anilines is 1. The third-order valence-corrected chi connectivity index (χ3v) is 5.28. The van der Waals surface area contributed by atoms with Crippen LogP contribution in [0.4, 0.5) is 14.6 Å². The van der Waals surface area contributed by atoms with E-state index in [1.165, 1.54) is 12.1 Å². The van der Waals surface area contributed by atoms with Gasteiger partial charge in [0.2, 0.25) is 5.91 Å². The molecule has 7 heteroatoms. The molecule has 4 heterocycles. The number of carbonyl (C=O) groups is 1. The minimum atomic E-state index is -0.929. The highest BCUT2D eigenvalue weighted by atomic mass is 19.2. The lowest BCUT2D eigenvalue weighted by atomic mass is 9.94. The van der Waals surface area contributed by atoms with Gasteiger partial charge in [0, 0.05) is 43.6 Å². The van der Waals surface area contributed by atoms with Crippen molar-refractivity contribution in [2.45, 2.75) is 25.3 Å². The zero-order valence-electron chi connectivity index (χ0n) is 14.3. The Bertz CT molecular complexity index is 801. The van der Waals surface area contributed by atoms with Crippen LogP contribution in [0.25, 0.3) is 0 Å². The van der Waals surface area contributed by atoms with E-state index in [9.17, 15) is 13.6 Å². The number of amides is 1. The summed E-state index contributed by atoms with van der Waals surface area (Å²) >= 11 is 0. The van der Waals surface area contributed by atoms with Crippen LogP contribution in [0.15, 0.2) is 36.8 Å². The van der Waals surface area contributed by atoms with Crippen molar-refractivity contribution in [3.8, 4) is 0 Å². The molecule has 3 aliphatic rings. The number of rotatable bonds is 3. The minimum Gasteiger partial charge on any atom is -0.353 e. The largest absolute Gasteiger partial charge is 0.353 e. The predicted molar refractivity (Wildman–Crippen MR) is 92.5 cm³/mol. The van der Waals surface area contributed by atoms with E-state index in [1.54, 1.807) is 18.6 Å². The van der Waals surface area contributed by atoms with Crippen LogP contribution in [-0.4, -0.2) is 46.5 Å². The van der Waals surface area contributed by atoms with E-state index in [0.717, 1.165) is 31.3 Å². The second-order valence-corrected chi connectivity index (χ2v) is 7.00. The summed E-state index contributed by atoms with van der Waals surface area (Å²) in [5.74, 6) is -0.833. The molecule has 3 saturated heterocycles. The van der Waals surface area contributed by atoms with Crippen LogP contribution in [0.3, 0.4) is 0 Å². The van der Waals surface area contributed by atoms with Crippen LogP contribution < -0.4 is 4.90 Å². The molecule has 5 rings (SSSR count). The standard InChI is InChI=1S/C19H20F2N4O/c20-16-3-1-2-14(19(16)21)8-18(26)25-11-13-4-5-15(25)12-24(10-13)17-9-22-6-7-23-17/h1-3,6-7,9,13,15H,4-5,8,10-12H2/t13-,15+/m0/s1. The molecule has 0 N–H and O–H groups in total. The van der Waals surface area contributed by atoms with E-state index in [4.69, 9.17) is 0 Å². The van der Waals surface area contributed by atoms with Crippen molar-refractivity contribution in [3.05, 3.63) is 54.0 Å². The van der Waals surface area contributed by atoms with Gasteiger partial charge in [0.1, 0.15) is 5.82 Å². The number of aromatic nitrogens is 2. The van der Waals surface area contributed by atoms with Crippen LogP contribution >= 0.6 is 0 Å². The molecule has 0 saturated carbocycles. The van der Waals surface area contributed by atoms with Gasteiger partial charge in [-0.05, 0) is 24.8 Å². The highest BCUT2D eigenvalue weighted by Gasteiger charge is 2.37. The third kappa shape index (κ3) is 3.25. The Morgan fingerprint density at radius 3 is 2.85 bits per heavy atom. The van der Waals surface area contributed by atoms with E-state index in [-0.39, 0.29) is 23.9 Å². The summed E-state index contributed by atoms with van der Waals surface area (Å²) < 4.78 is 27.3. The van der Waals surface area contributed by atoms with Gasteiger partial charge in [-0.15, -0.1) is 0 Å². The fraction of sp³-hybridized carbons (Fsp3) is 0.421. The van der Waals surface area contributed by atoms with Crippen LogP contribution in [-0.2, 0) is 11.2 Å². The number of piperidine rings is 1. The molecule has 5 nitrogen and oxygen atoms in total. The summed E-state index contributed by atoms with van der Waals surface area (Å²) in [6.07, 6.45) is 6.90. The maximum absolute atomic E-state index is 13.9. The number of hydrogen-bond acceptors (Lipinski definition) is 4. The lowest BCUT2D eigenvalue weighted by Crippen LogP contribution is -2.48. The van der Waals surface area contributed by atoms with Gasteiger partial charge in [-0.1, -0.05) is 12.1 Å². The Balaban J connectivity index is 1.51. The van der Waals surface area contributed by atoms with Crippen molar-refractivity contribution in [2.75, 3.05) is 24.5 Å². The topological polar surface area (TPSA) is 49.3 Å². The van der Waals surface area contributed by atoms with Gasteiger partial charge in [0.25, 0.3) is 0 Å². The molecule has 1 aromatic carbocycles. The first-order valence-electron chi connectivity index (χ1n) is 8.85. The van der Waals surface area contributed by atoms with E-state index in [2.05, 4.69) is 14.9 Å². The van der Waals surface area contributed by atoms with Crippen molar-refractivity contribution in [1.29, 1.82) is 0 Å². The summed E-state index contributed by atoms with van der Waals surface area (Å²) in [5, 5.41) is 0. The molecule has 136 valence electrons. The van der Waals surface area contributed by atoms with Crippen molar-refractivity contribution in [3.63, 3.8) is 0 Å². The van der Waals surface area contributed by atoms with Gasteiger partial charge in [-0.3, -0.25) is 9.78 Å². The first kappa shape index (κ1) is 16.9. The Kier molecular flexibility index (Phi) is 4.53. The Morgan fingerprint density at radius 1 is 1.15 bits per heavy atom. The lowest BCUT2D eigenvalue weighted by Gasteiger charge is -2.36. The summed E-state index contributed by atoms with van der Waals surface area (Å²) in [6.45, 7) is 2.16. The maximum atomic E-state index is 13.9. The highest BCUT2D eigenvalue weighted by molar-refractivity contribution is 5.79. The summed E-state index contributed by atoms with van der Waals surface area (Å²) in [5.41, 5.74) is 0.112. The molecule has 2 atom stereocenters. The quantitative estimate of drug-likeness (QED) is 0.846. The third-order valence-electron chi connectivity index (χ3n) is 5.28. The summed E-state index contributed by atoms with van der Waals surface area (Å²) in [4.78, 5) is 25.3. The summed E-state index contributed by atoms with van der Waals surface area (Å²) in [6, 6.07) is 4.03. The second kappa shape index (κ2) is 6.97. The molecular formula is C19H20F2N4O. The highest BCUT2D eigenvalue weighted by Crippen LogP contribution is 2.30. The molecule has 2 aromatic rings. The number of halogens is 2. The molecule has 1 aromatic heterocycles. The van der Waals surface area contributed by atoms with Gasteiger partial charge in [-0.2, -0.15) is 0 Å². The van der Waals surface area contributed by atoms with Crippen molar-refractivity contribution >= 4 is 11.7 Å². The summed E-state index contributed by atoms with van der Waals surface area (Å²) in [7, 11) is 0. The normalized spacial score (nSPS) is 22.4. The van der Waals surface area contributed by atoms with Crippen molar-refractivity contribution in [2.24, 2.45) is 5.92 Å². The molecule has 1 amide bonds. The Morgan fingerprint density at radius 2 is 2.04 bits per heavy atom. The number of benzene rings is 1. The number of nitrogens with zero attached hydrogens (tertiary/aromatic N) is 4. The van der Waals surface area contributed by atoms with Crippen LogP contribution in [0.5, 0.6) is 0 Å². The van der Waals surface area contributed by atoms with Gasteiger partial charge < -0.3 is 9.80 Å². The fourth-order valence-corrected chi connectivity index (χ4v) is 3.98. The minimum absolute atomic E-state index is 0.0554. The molecule has 0 radical (unpaired) electrons. The molecule has 3 fully saturated rings. The predicted octanol–water partition coefficient (Wildman–Crippen LogP) is 2.42. The number of carbonyl (C=O) groups excluding carboxylic acids is 1. The van der Waals surface area contributed by atoms with Gasteiger partial charge in [0.15, 0.2) is 11.6 Å². The molecule has 2 bridgehead atoms. The van der Waals surface area contributed by atoms with Crippen molar-refractivity contribution < 1.29 is 13.6 Å². The second-order valence-electron chi connectivity index (χ2n) is 7.00. The lowest BCUT2D eigenvalue weighted by molar-refractivity contribution is -0.134. The van der Waals surface area contributed by atoms with Gasteiger partial charge >= 0.3 is 0 Å². The number of fused-ring (bicyclic) bond motifs is 4. The smallest absolute Gasteiger partial charge is 0.227 e. The molecule has 0 spiro atoms. The van der Waals surface area contributed by atoms with E-state index in [1.807, 2.05) is 4.90 Å². The molecular weight excluding hydrogens is 338 g/mol. The zero-order valence-corrected chi connectivity index (χ0v) is 14.3. The van der Waals surface area contributed by atoms with Crippen molar-refractivity contribution in [1.82, 2.24) is 14.9 Å². The van der Waals surface area contributed by atoms with Gasteiger partial charge in [0.05, 0.1) is 12.6 Å². The number of hydrogen-bond donors (Lipinski definition) is 0. The average Bonchev–Trinajstić information content (AvgIpc) is 2.98. The average molecular weight is 358 g/mol. The van der Waals surface area contributed by atoms with Crippen LogP contribution in [0.1, 0.15) is 18.4 Å².